The van der Waals surface area contributed by atoms with Crippen LogP contribution in [0, 0.1) is 11.8 Å². The van der Waals surface area contributed by atoms with Crippen molar-refractivity contribution in [3.05, 3.63) is 30.4 Å². The van der Waals surface area contributed by atoms with E-state index in [2.05, 4.69) is 15.1 Å². The van der Waals surface area contributed by atoms with E-state index in [1.54, 1.807) is 12.4 Å². The van der Waals surface area contributed by atoms with E-state index >= 15 is 0 Å². The van der Waals surface area contributed by atoms with Crippen LogP contribution in [0.4, 0.5) is 0 Å². The maximum absolute atomic E-state index is 6.30. The first-order valence-corrected chi connectivity index (χ1v) is 6.82. The van der Waals surface area contributed by atoms with E-state index in [9.17, 15) is 0 Å². The zero-order valence-electron chi connectivity index (χ0n) is 10.6. The van der Waals surface area contributed by atoms with Crippen LogP contribution in [0.2, 0.25) is 0 Å². The number of nitrogens with zero attached hydrogens (tertiary/aromatic N) is 3. The molecule has 0 aliphatic heterocycles. The van der Waals surface area contributed by atoms with E-state index < -0.39 is 0 Å². The van der Waals surface area contributed by atoms with Gasteiger partial charge in [-0.1, -0.05) is 5.16 Å². The van der Waals surface area contributed by atoms with E-state index in [1.807, 2.05) is 12.1 Å². The van der Waals surface area contributed by atoms with E-state index in [4.69, 9.17) is 10.3 Å². The van der Waals surface area contributed by atoms with Crippen molar-refractivity contribution >= 4 is 0 Å². The quantitative estimate of drug-likeness (QED) is 0.888. The zero-order chi connectivity index (χ0) is 12.8. The Bertz CT molecular complexity index is 580. The second-order valence-corrected chi connectivity index (χ2v) is 5.63. The van der Waals surface area contributed by atoms with Gasteiger partial charge in [-0.15, -0.1) is 0 Å². The summed E-state index contributed by atoms with van der Waals surface area (Å²) in [4.78, 5) is 8.61. The summed E-state index contributed by atoms with van der Waals surface area (Å²) in [5.41, 5.74) is 7.19. The molecule has 2 aromatic rings. The first kappa shape index (κ1) is 11.1. The Hall–Kier alpha value is -1.75. The number of aromatic nitrogens is 3. The molecule has 0 spiro atoms. The predicted octanol–water partition coefficient (Wildman–Crippen LogP) is 1.97. The summed E-state index contributed by atoms with van der Waals surface area (Å²) in [5, 5.41) is 4.07. The molecular weight excluding hydrogens is 240 g/mol. The molecule has 2 aliphatic rings. The highest BCUT2D eigenvalue weighted by Gasteiger charge is 2.48. The van der Waals surface area contributed by atoms with Gasteiger partial charge in [0.2, 0.25) is 11.7 Å². The van der Waals surface area contributed by atoms with Crippen LogP contribution < -0.4 is 5.73 Å². The minimum atomic E-state index is 0.181. The lowest BCUT2D eigenvalue weighted by atomic mass is 9.85. The Morgan fingerprint density at radius 3 is 2.89 bits per heavy atom. The third-order valence-electron chi connectivity index (χ3n) is 4.63. The lowest BCUT2D eigenvalue weighted by molar-refractivity contribution is 0.279. The zero-order valence-corrected chi connectivity index (χ0v) is 10.6. The molecule has 2 N–H and O–H groups in total. The molecule has 2 saturated carbocycles. The van der Waals surface area contributed by atoms with Gasteiger partial charge in [-0.3, -0.25) is 4.98 Å². The van der Waals surface area contributed by atoms with Crippen molar-refractivity contribution in [1.29, 1.82) is 0 Å². The van der Waals surface area contributed by atoms with Crippen molar-refractivity contribution < 1.29 is 4.52 Å². The number of fused-ring (bicyclic) bond motifs is 2. The Balaban J connectivity index is 1.65. The Morgan fingerprint density at radius 1 is 1.26 bits per heavy atom. The van der Waals surface area contributed by atoms with Gasteiger partial charge >= 0.3 is 0 Å². The molecular formula is C14H16N4O. The average Bonchev–Trinajstić information content (AvgIpc) is 3.14. The summed E-state index contributed by atoms with van der Waals surface area (Å²) in [5.74, 6) is 2.83. The third-order valence-corrected chi connectivity index (χ3v) is 4.63. The van der Waals surface area contributed by atoms with Gasteiger partial charge in [0.25, 0.3) is 0 Å². The minimum Gasteiger partial charge on any atom is -0.339 e. The maximum Gasteiger partial charge on any atom is 0.231 e. The maximum atomic E-state index is 6.30. The Kier molecular flexibility index (Phi) is 2.41. The molecule has 4 atom stereocenters. The molecule has 2 heterocycles. The Morgan fingerprint density at radius 2 is 2.16 bits per heavy atom. The SMILES string of the molecule is NC1C2CCC(C2)C1c1nc(-c2cccnc2)no1. The summed E-state index contributed by atoms with van der Waals surface area (Å²) in [7, 11) is 0. The molecule has 0 radical (unpaired) electrons. The van der Waals surface area contributed by atoms with Crippen molar-refractivity contribution in [2.24, 2.45) is 17.6 Å². The number of nitrogens with two attached hydrogens (primary N) is 1. The van der Waals surface area contributed by atoms with Crippen LogP contribution in [0.1, 0.15) is 31.1 Å². The normalized spacial score (nSPS) is 32.9. The highest BCUT2D eigenvalue weighted by atomic mass is 16.5. The lowest BCUT2D eigenvalue weighted by Crippen LogP contribution is -2.34. The summed E-state index contributed by atoms with van der Waals surface area (Å²) in [6.07, 6.45) is 7.20. The molecule has 0 amide bonds. The van der Waals surface area contributed by atoms with E-state index in [-0.39, 0.29) is 12.0 Å². The number of rotatable bonds is 2. The highest BCUT2D eigenvalue weighted by Crippen LogP contribution is 2.51. The summed E-state index contributed by atoms with van der Waals surface area (Å²) in [6.45, 7) is 0. The smallest absolute Gasteiger partial charge is 0.231 e. The molecule has 0 aromatic carbocycles. The van der Waals surface area contributed by atoms with Crippen LogP contribution in [0.3, 0.4) is 0 Å². The van der Waals surface area contributed by atoms with Crippen LogP contribution in [-0.2, 0) is 0 Å². The molecule has 4 rings (SSSR count). The van der Waals surface area contributed by atoms with Crippen LogP contribution >= 0.6 is 0 Å². The highest BCUT2D eigenvalue weighted by molar-refractivity contribution is 5.52. The number of hydrogen-bond acceptors (Lipinski definition) is 5. The summed E-state index contributed by atoms with van der Waals surface area (Å²) in [6, 6.07) is 3.98. The third kappa shape index (κ3) is 1.69. The van der Waals surface area contributed by atoms with Gasteiger partial charge in [-0.25, -0.2) is 0 Å². The second kappa shape index (κ2) is 4.13. The van der Waals surface area contributed by atoms with Crippen LogP contribution in [-0.4, -0.2) is 21.2 Å². The number of hydrogen-bond donors (Lipinski definition) is 1. The predicted molar refractivity (Wildman–Crippen MR) is 69.1 cm³/mol. The van der Waals surface area contributed by atoms with Crippen molar-refractivity contribution in [2.45, 2.75) is 31.2 Å². The molecule has 2 fully saturated rings. The van der Waals surface area contributed by atoms with Gasteiger partial charge < -0.3 is 10.3 Å². The summed E-state index contributed by atoms with van der Waals surface area (Å²) < 4.78 is 5.46. The fourth-order valence-electron chi connectivity index (χ4n) is 3.69. The van der Waals surface area contributed by atoms with Gasteiger partial charge in [0.15, 0.2) is 0 Å². The molecule has 2 aliphatic carbocycles. The van der Waals surface area contributed by atoms with E-state index in [0.717, 1.165) is 5.56 Å². The fraction of sp³-hybridized carbons (Fsp3) is 0.500. The minimum absolute atomic E-state index is 0.181. The standard InChI is InChI=1S/C14H16N4O/c15-12-9-4-3-8(6-9)11(12)14-17-13(18-19-14)10-2-1-5-16-7-10/h1-2,5,7-9,11-12H,3-4,6,15H2. The van der Waals surface area contributed by atoms with Crippen molar-refractivity contribution in [3.8, 4) is 11.4 Å². The van der Waals surface area contributed by atoms with Crippen LogP contribution in [0.5, 0.6) is 0 Å². The molecule has 4 unspecified atom stereocenters. The van der Waals surface area contributed by atoms with Gasteiger partial charge in [0.05, 0.1) is 5.92 Å². The largest absolute Gasteiger partial charge is 0.339 e. The van der Waals surface area contributed by atoms with Gasteiger partial charge in [-0.2, -0.15) is 4.98 Å². The average molecular weight is 256 g/mol. The Labute approximate surface area is 111 Å². The monoisotopic (exact) mass is 256 g/mol. The van der Waals surface area contributed by atoms with Crippen molar-refractivity contribution in [2.75, 3.05) is 0 Å². The van der Waals surface area contributed by atoms with Gasteiger partial charge in [0, 0.05) is 24.0 Å². The molecule has 5 heteroatoms. The van der Waals surface area contributed by atoms with Crippen molar-refractivity contribution in [3.63, 3.8) is 0 Å². The fourth-order valence-corrected chi connectivity index (χ4v) is 3.69. The molecule has 98 valence electrons. The topological polar surface area (TPSA) is 77.8 Å². The second-order valence-electron chi connectivity index (χ2n) is 5.63. The number of pyridine rings is 1. The molecule has 2 bridgehead atoms. The van der Waals surface area contributed by atoms with Crippen LogP contribution in [0.15, 0.2) is 29.0 Å². The molecule has 0 saturated heterocycles. The van der Waals surface area contributed by atoms with Crippen LogP contribution in [0.25, 0.3) is 11.4 Å². The van der Waals surface area contributed by atoms with Gasteiger partial charge in [0.1, 0.15) is 0 Å². The van der Waals surface area contributed by atoms with Gasteiger partial charge in [-0.05, 0) is 43.2 Å². The first-order chi connectivity index (χ1) is 9.33. The molecule has 19 heavy (non-hydrogen) atoms. The molecule has 5 nitrogen and oxygen atoms in total. The van der Waals surface area contributed by atoms with Crippen molar-refractivity contribution in [1.82, 2.24) is 15.1 Å². The lowest BCUT2D eigenvalue weighted by Gasteiger charge is -2.24. The first-order valence-electron chi connectivity index (χ1n) is 6.82. The van der Waals surface area contributed by atoms with E-state index in [0.29, 0.717) is 23.6 Å². The molecule has 2 aromatic heterocycles. The summed E-state index contributed by atoms with van der Waals surface area (Å²) >= 11 is 0. The van der Waals surface area contributed by atoms with E-state index in [1.165, 1.54) is 19.3 Å².